The predicted molar refractivity (Wildman–Crippen MR) is 274 cm³/mol. The normalized spacial score (nSPS) is 15.5. The van der Waals surface area contributed by atoms with Crippen LogP contribution in [0.5, 0.6) is 11.5 Å². The van der Waals surface area contributed by atoms with Crippen LogP contribution in [0.4, 0.5) is 22.7 Å². The van der Waals surface area contributed by atoms with Gasteiger partial charge in [-0.1, -0.05) is 160 Å². The fourth-order valence-corrected chi connectivity index (χ4v) is 10.8. The van der Waals surface area contributed by atoms with Gasteiger partial charge < -0.3 is 14.5 Å². The van der Waals surface area contributed by atoms with Crippen molar-refractivity contribution in [3.63, 3.8) is 0 Å². The quantitative estimate of drug-likeness (QED) is 0.160. The van der Waals surface area contributed by atoms with E-state index in [1.807, 2.05) is 6.20 Å². The molecule has 6 aromatic carbocycles. The van der Waals surface area contributed by atoms with Crippen LogP contribution in [0.2, 0.25) is 0 Å². The minimum Gasteiger partial charge on any atom is -0.457 e. The summed E-state index contributed by atoms with van der Waals surface area (Å²) in [6, 6.07) is 53.6. The molecular formula is C60H64N4O. The fourth-order valence-electron chi connectivity index (χ4n) is 10.8. The molecule has 0 bridgehead atoms. The van der Waals surface area contributed by atoms with Gasteiger partial charge in [-0.3, -0.25) is 4.57 Å². The van der Waals surface area contributed by atoms with Crippen LogP contribution >= 0.6 is 0 Å². The fraction of sp³-hybridized carbons (Fsp3) is 0.317. The molecule has 1 fully saturated rings. The van der Waals surface area contributed by atoms with Crippen LogP contribution in [0.3, 0.4) is 0 Å². The standard InChI is InChI=1S/C60H64N4O/c1-57(2,3)43-35-44(62-40-63(53-28-17-16-27-52(53)62)56-49(58(4,5)6)24-20-25-50(56)59(7,8)9)38-46(36-43)65-45-29-30-48-47-23-14-15-26-51(47)64(54(48)39-45)55-37-42(31-34-61-55)60(32-18-11-19-33-60)41-21-12-10-13-22-41/h10,12-17,20-31,34-39H,11,18-19,32-33,40H2,1-9H3. The zero-order valence-electron chi connectivity index (χ0n) is 39.9. The molecule has 330 valence electrons. The second-order valence-corrected chi connectivity index (χ2v) is 21.7. The first-order valence-electron chi connectivity index (χ1n) is 23.8. The minimum atomic E-state index is -0.117. The maximum absolute atomic E-state index is 7.06. The van der Waals surface area contributed by atoms with Gasteiger partial charge in [0.05, 0.1) is 28.1 Å². The number of hydrogen-bond acceptors (Lipinski definition) is 4. The summed E-state index contributed by atoms with van der Waals surface area (Å²) < 4.78 is 9.40. The van der Waals surface area contributed by atoms with Gasteiger partial charge in [0.1, 0.15) is 24.0 Å². The largest absolute Gasteiger partial charge is 0.457 e. The van der Waals surface area contributed by atoms with E-state index in [1.165, 1.54) is 74.9 Å². The number of nitrogens with zero attached hydrogens (tertiary/aromatic N) is 4. The van der Waals surface area contributed by atoms with Crippen LogP contribution in [0.1, 0.15) is 122 Å². The van der Waals surface area contributed by atoms with E-state index in [0.29, 0.717) is 6.67 Å². The first kappa shape index (κ1) is 42.6. The van der Waals surface area contributed by atoms with E-state index in [1.54, 1.807) is 0 Å². The van der Waals surface area contributed by atoms with Crippen molar-refractivity contribution in [2.24, 2.45) is 0 Å². The van der Waals surface area contributed by atoms with Crippen LogP contribution in [0.15, 0.2) is 152 Å². The molecule has 0 amide bonds. The topological polar surface area (TPSA) is 33.5 Å². The lowest BCUT2D eigenvalue weighted by Crippen LogP contribution is -2.30. The highest BCUT2D eigenvalue weighted by Gasteiger charge is 2.37. The van der Waals surface area contributed by atoms with Gasteiger partial charge in [-0.15, -0.1) is 0 Å². The molecule has 1 saturated carbocycles. The first-order valence-corrected chi connectivity index (χ1v) is 23.8. The van der Waals surface area contributed by atoms with Crippen molar-refractivity contribution in [2.75, 3.05) is 16.5 Å². The maximum atomic E-state index is 7.06. The molecular weight excluding hydrogens is 793 g/mol. The van der Waals surface area contributed by atoms with Crippen LogP contribution in [0.25, 0.3) is 27.6 Å². The van der Waals surface area contributed by atoms with E-state index in [-0.39, 0.29) is 21.7 Å². The molecule has 10 rings (SSSR count). The minimum absolute atomic E-state index is 0.0300. The molecule has 2 aromatic heterocycles. The second-order valence-electron chi connectivity index (χ2n) is 21.7. The van der Waals surface area contributed by atoms with Gasteiger partial charge in [0.25, 0.3) is 0 Å². The van der Waals surface area contributed by atoms with Gasteiger partial charge in [0, 0.05) is 40.2 Å². The molecule has 65 heavy (non-hydrogen) atoms. The monoisotopic (exact) mass is 857 g/mol. The second kappa shape index (κ2) is 16.0. The lowest BCUT2D eigenvalue weighted by atomic mass is 9.65. The summed E-state index contributed by atoms with van der Waals surface area (Å²) in [7, 11) is 0. The molecule has 5 heteroatoms. The molecule has 8 aromatic rings. The Hall–Kier alpha value is -6.33. The lowest BCUT2D eigenvalue weighted by molar-refractivity contribution is 0.345. The number of para-hydroxylation sites is 4. The third kappa shape index (κ3) is 7.67. The summed E-state index contributed by atoms with van der Waals surface area (Å²) in [4.78, 5) is 10.1. The Morgan fingerprint density at radius 3 is 1.85 bits per heavy atom. The Labute approximate surface area is 386 Å². The number of hydrogen-bond donors (Lipinski definition) is 0. The number of aromatic nitrogens is 2. The highest BCUT2D eigenvalue weighted by atomic mass is 16.5. The molecule has 5 nitrogen and oxygen atoms in total. The van der Waals surface area contributed by atoms with Crippen molar-refractivity contribution in [1.29, 1.82) is 0 Å². The number of benzene rings is 6. The van der Waals surface area contributed by atoms with Crippen LogP contribution in [0, 0.1) is 0 Å². The summed E-state index contributed by atoms with van der Waals surface area (Å²) in [6.07, 6.45) is 8.05. The van der Waals surface area contributed by atoms with Crippen molar-refractivity contribution in [3.8, 4) is 17.3 Å². The number of rotatable bonds is 7. The van der Waals surface area contributed by atoms with Crippen LogP contribution < -0.4 is 14.5 Å². The molecule has 0 spiro atoms. The highest BCUT2D eigenvalue weighted by Crippen LogP contribution is 2.51. The van der Waals surface area contributed by atoms with Crippen molar-refractivity contribution in [3.05, 3.63) is 180 Å². The lowest BCUT2D eigenvalue weighted by Gasteiger charge is -2.38. The third-order valence-electron chi connectivity index (χ3n) is 14.2. The van der Waals surface area contributed by atoms with Crippen LogP contribution in [-0.2, 0) is 21.7 Å². The van der Waals surface area contributed by atoms with Crippen molar-refractivity contribution in [2.45, 2.75) is 116 Å². The Morgan fingerprint density at radius 1 is 0.508 bits per heavy atom. The Kier molecular flexibility index (Phi) is 10.5. The van der Waals surface area contributed by atoms with Crippen molar-refractivity contribution in [1.82, 2.24) is 9.55 Å². The van der Waals surface area contributed by atoms with E-state index in [4.69, 9.17) is 9.72 Å². The molecule has 1 aliphatic carbocycles. The van der Waals surface area contributed by atoms with E-state index < -0.39 is 0 Å². The van der Waals surface area contributed by atoms with E-state index >= 15 is 0 Å². The summed E-state index contributed by atoms with van der Waals surface area (Å²) in [5.74, 6) is 2.54. The van der Waals surface area contributed by atoms with E-state index in [0.717, 1.165) is 46.9 Å². The molecule has 0 saturated heterocycles. The highest BCUT2D eigenvalue weighted by molar-refractivity contribution is 6.09. The molecule has 1 aliphatic heterocycles. The zero-order valence-corrected chi connectivity index (χ0v) is 39.9. The maximum Gasteiger partial charge on any atom is 0.137 e. The summed E-state index contributed by atoms with van der Waals surface area (Å²) in [6.45, 7) is 21.5. The van der Waals surface area contributed by atoms with Gasteiger partial charge in [-0.2, -0.15) is 0 Å². The van der Waals surface area contributed by atoms with Gasteiger partial charge in [-0.25, -0.2) is 4.98 Å². The molecule has 3 heterocycles. The molecule has 0 atom stereocenters. The molecule has 0 unspecified atom stereocenters. The Morgan fingerprint density at radius 2 is 1.15 bits per heavy atom. The molecule has 2 aliphatic rings. The summed E-state index contributed by atoms with van der Waals surface area (Å²) >= 11 is 0. The van der Waals surface area contributed by atoms with E-state index in [2.05, 4.69) is 222 Å². The van der Waals surface area contributed by atoms with Crippen molar-refractivity contribution >= 4 is 44.6 Å². The average molecular weight is 857 g/mol. The number of pyridine rings is 1. The number of ether oxygens (including phenoxy) is 1. The third-order valence-corrected chi connectivity index (χ3v) is 14.2. The first-order chi connectivity index (χ1) is 31.1. The van der Waals surface area contributed by atoms with Gasteiger partial charge in [0.15, 0.2) is 0 Å². The van der Waals surface area contributed by atoms with Crippen LogP contribution in [-0.4, -0.2) is 16.2 Å². The smallest absolute Gasteiger partial charge is 0.137 e. The number of anilines is 4. The van der Waals surface area contributed by atoms with Crippen molar-refractivity contribution < 1.29 is 4.74 Å². The summed E-state index contributed by atoms with van der Waals surface area (Å²) in [5.41, 5.74) is 13.5. The van der Waals surface area contributed by atoms with Gasteiger partial charge in [-0.05, 0) is 112 Å². The zero-order chi connectivity index (χ0) is 45.3. The van der Waals surface area contributed by atoms with Gasteiger partial charge in [0.2, 0.25) is 0 Å². The van der Waals surface area contributed by atoms with Gasteiger partial charge >= 0.3 is 0 Å². The summed E-state index contributed by atoms with van der Waals surface area (Å²) in [5, 5.41) is 2.38. The van der Waals surface area contributed by atoms with E-state index in [9.17, 15) is 0 Å². The Balaban J connectivity index is 1.07. The average Bonchev–Trinajstić information content (AvgIpc) is 3.84. The predicted octanol–water partition coefficient (Wildman–Crippen LogP) is 16.4. The molecule has 0 N–H and O–H groups in total. The SMILES string of the molecule is CC(C)(C)c1cc(Oc2ccc3c4ccccc4n(-c4cc(C5(c6ccccc6)CCCCC5)ccn4)c3c2)cc(N2CN(c3c(C(C)(C)C)cccc3C(C)(C)C)c3ccccc32)c1. The number of fused-ring (bicyclic) bond motifs is 4. The Bertz CT molecular complexity index is 3010. The molecule has 0 radical (unpaired) electrons.